The molecule has 1 aromatic heterocycles. The maximum absolute atomic E-state index is 12.7. The Kier molecular flexibility index (Phi) is 5.41. The lowest BCUT2D eigenvalue weighted by atomic mass is 9.88. The van der Waals surface area contributed by atoms with Gasteiger partial charge in [0.2, 0.25) is 5.91 Å². The summed E-state index contributed by atoms with van der Waals surface area (Å²) in [5.41, 5.74) is -0.459. The van der Waals surface area contributed by atoms with Crippen LogP contribution in [0.1, 0.15) is 56.1 Å². The number of hydrogen-bond acceptors (Lipinski definition) is 4. The molecule has 7 heteroatoms. The first-order valence-electron chi connectivity index (χ1n) is 8.12. The number of aromatic nitrogens is 2. The average molecular weight is 322 g/mol. The van der Waals surface area contributed by atoms with Crippen molar-refractivity contribution in [3.63, 3.8) is 0 Å². The molecule has 2 amide bonds. The number of β-amino-alcohol motifs (C(OH)–C–C–N with tert-alkyl or cyclic N) is 1. The van der Waals surface area contributed by atoms with Crippen LogP contribution in [0.15, 0.2) is 12.3 Å². The van der Waals surface area contributed by atoms with Crippen molar-refractivity contribution >= 4 is 11.8 Å². The summed E-state index contributed by atoms with van der Waals surface area (Å²) in [5, 5.41) is 17.5. The molecule has 0 aliphatic carbocycles. The zero-order valence-corrected chi connectivity index (χ0v) is 14.1. The van der Waals surface area contributed by atoms with Crippen molar-refractivity contribution in [2.75, 3.05) is 20.1 Å². The van der Waals surface area contributed by atoms with Crippen molar-refractivity contribution in [3.8, 4) is 0 Å². The van der Waals surface area contributed by atoms with Gasteiger partial charge in [0.1, 0.15) is 5.69 Å². The third kappa shape index (κ3) is 4.10. The van der Waals surface area contributed by atoms with Crippen molar-refractivity contribution in [1.82, 2.24) is 20.0 Å². The molecule has 1 aliphatic rings. The van der Waals surface area contributed by atoms with Gasteiger partial charge < -0.3 is 15.3 Å². The number of likely N-dealkylation sites (tertiary alicyclic amines) is 1. The first kappa shape index (κ1) is 17.5. The Morgan fingerprint density at radius 3 is 2.87 bits per heavy atom. The summed E-state index contributed by atoms with van der Waals surface area (Å²) in [7, 11) is 1.58. The Labute approximate surface area is 136 Å². The molecule has 1 saturated heterocycles. The van der Waals surface area contributed by atoms with Crippen molar-refractivity contribution in [2.24, 2.45) is 0 Å². The van der Waals surface area contributed by atoms with Crippen LogP contribution in [0.3, 0.4) is 0 Å². The topological polar surface area (TPSA) is 87.5 Å². The highest BCUT2D eigenvalue weighted by Crippen LogP contribution is 2.27. The normalized spacial score (nSPS) is 21.5. The summed E-state index contributed by atoms with van der Waals surface area (Å²) < 4.78 is 1.69. The summed E-state index contributed by atoms with van der Waals surface area (Å²) in [6.07, 6.45) is 3.58. The third-order valence-corrected chi connectivity index (χ3v) is 4.32. The van der Waals surface area contributed by atoms with E-state index in [0.29, 0.717) is 25.1 Å². The molecule has 1 aliphatic heterocycles. The van der Waals surface area contributed by atoms with E-state index in [-0.39, 0.29) is 30.8 Å². The van der Waals surface area contributed by atoms with Crippen LogP contribution in [0.2, 0.25) is 0 Å². The predicted octanol–water partition coefficient (Wildman–Crippen LogP) is 0.957. The summed E-state index contributed by atoms with van der Waals surface area (Å²) in [6, 6.07) is 1.81. The second-order valence-corrected chi connectivity index (χ2v) is 6.48. The van der Waals surface area contributed by atoms with E-state index in [2.05, 4.69) is 10.4 Å². The van der Waals surface area contributed by atoms with E-state index >= 15 is 0 Å². The lowest BCUT2D eigenvalue weighted by molar-refractivity contribution is -0.122. The lowest BCUT2D eigenvalue weighted by Gasteiger charge is -2.39. The molecule has 0 radical (unpaired) electrons. The van der Waals surface area contributed by atoms with Crippen LogP contribution in [-0.2, 0) is 4.79 Å². The Balaban J connectivity index is 2.06. The van der Waals surface area contributed by atoms with E-state index in [4.69, 9.17) is 0 Å². The van der Waals surface area contributed by atoms with Crippen LogP contribution in [0, 0.1) is 0 Å². The number of amides is 2. The number of aliphatic hydroxyl groups is 1. The second kappa shape index (κ2) is 7.12. The van der Waals surface area contributed by atoms with Crippen LogP contribution < -0.4 is 5.32 Å². The van der Waals surface area contributed by atoms with Gasteiger partial charge in [0, 0.05) is 38.8 Å². The van der Waals surface area contributed by atoms with Gasteiger partial charge in [0.25, 0.3) is 5.91 Å². The third-order valence-electron chi connectivity index (χ3n) is 4.32. The van der Waals surface area contributed by atoms with Gasteiger partial charge in [-0.3, -0.25) is 14.3 Å². The van der Waals surface area contributed by atoms with E-state index in [1.165, 1.54) is 0 Å². The number of piperidine rings is 1. The SMILES string of the molecule is CNC(=O)CC[C@@]1(O)CCCN(C(=O)c2ccnn2C(C)C)C1. The zero-order valence-electron chi connectivity index (χ0n) is 14.1. The number of carbonyl (C=O) groups is 2. The minimum Gasteiger partial charge on any atom is -0.388 e. The molecule has 2 rings (SSSR count). The second-order valence-electron chi connectivity index (χ2n) is 6.48. The van der Waals surface area contributed by atoms with Crippen LogP contribution in [-0.4, -0.2) is 57.3 Å². The van der Waals surface area contributed by atoms with E-state index < -0.39 is 5.60 Å². The maximum Gasteiger partial charge on any atom is 0.272 e. The fourth-order valence-electron chi connectivity index (χ4n) is 3.02. The molecule has 1 atom stereocenters. The first-order valence-corrected chi connectivity index (χ1v) is 8.12. The molecular formula is C16H26N4O3. The summed E-state index contributed by atoms with van der Waals surface area (Å²) in [5.74, 6) is -0.214. The fraction of sp³-hybridized carbons (Fsp3) is 0.688. The van der Waals surface area contributed by atoms with Gasteiger partial charge in [-0.15, -0.1) is 0 Å². The number of nitrogens with zero attached hydrogens (tertiary/aromatic N) is 3. The number of rotatable bonds is 5. The smallest absolute Gasteiger partial charge is 0.272 e. The zero-order chi connectivity index (χ0) is 17.0. The van der Waals surface area contributed by atoms with Crippen molar-refractivity contribution in [3.05, 3.63) is 18.0 Å². The Hall–Kier alpha value is -1.89. The highest BCUT2D eigenvalue weighted by molar-refractivity contribution is 5.92. The Morgan fingerprint density at radius 1 is 1.48 bits per heavy atom. The minimum absolute atomic E-state index is 0.0974. The molecule has 0 unspecified atom stereocenters. The van der Waals surface area contributed by atoms with Crippen LogP contribution in [0.5, 0.6) is 0 Å². The fourth-order valence-corrected chi connectivity index (χ4v) is 3.02. The molecule has 128 valence electrons. The van der Waals surface area contributed by atoms with Gasteiger partial charge in [-0.05, 0) is 39.2 Å². The van der Waals surface area contributed by atoms with Gasteiger partial charge in [0.15, 0.2) is 0 Å². The molecular weight excluding hydrogens is 296 g/mol. The van der Waals surface area contributed by atoms with Crippen LogP contribution >= 0.6 is 0 Å². The molecule has 0 aromatic carbocycles. The number of carbonyl (C=O) groups excluding carboxylic acids is 2. The standard InChI is InChI=1S/C16H26N4O3/c1-12(2)20-13(6-9-18-20)15(22)19-10-4-7-16(23,11-19)8-5-14(21)17-3/h6,9,12,23H,4-5,7-8,10-11H2,1-3H3,(H,17,21)/t16-/m0/s1. The molecule has 1 fully saturated rings. The Morgan fingerprint density at radius 2 is 2.22 bits per heavy atom. The van der Waals surface area contributed by atoms with Crippen molar-refractivity contribution in [1.29, 1.82) is 0 Å². The van der Waals surface area contributed by atoms with Gasteiger partial charge >= 0.3 is 0 Å². The summed E-state index contributed by atoms with van der Waals surface area (Å²) in [4.78, 5) is 25.8. The molecule has 2 heterocycles. The minimum atomic E-state index is -0.997. The summed E-state index contributed by atoms with van der Waals surface area (Å²) in [6.45, 7) is 4.82. The first-order chi connectivity index (χ1) is 10.9. The molecule has 23 heavy (non-hydrogen) atoms. The molecule has 2 N–H and O–H groups in total. The van der Waals surface area contributed by atoms with Gasteiger partial charge in [0.05, 0.1) is 5.60 Å². The molecule has 0 saturated carbocycles. The average Bonchev–Trinajstić information content (AvgIpc) is 3.01. The number of nitrogens with one attached hydrogen (secondary N) is 1. The van der Waals surface area contributed by atoms with Gasteiger partial charge in [-0.1, -0.05) is 0 Å². The Bertz CT molecular complexity index is 569. The van der Waals surface area contributed by atoms with E-state index in [1.54, 1.807) is 28.9 Å². The molecule has 7 nitrogen and oxygen atoms in total. The van der Waals surface area contributed by atoms with E-state index in [9.17, 15) is 14.7 Å². The largest absolute Gasteiger partial charge is 0.388 e. The summed E-state index contributed by atoms with van der Waals surface area (Å²) >= 11 is 0. The number of hydrogen-bond donors (Lipinski definition) is 2. The van der Waals surface area contributed by atoms with Crippen LogP contribution in [0.4, 0.5) is 0 Å². The highest BCUT2D eigenvalue weighted by Gasteiger charge is 2.36. The van der Waals surface area contributed by atoms with Gasteiger partial charge in [-0.2, -0.15) is 5.10 Å². The lowest BCUT2D eigenvalue weighted by Crippen LogP contribution is -2.51. The molecule has 0 spiro atoms. The predicted molar refractivity (Wildman–Crippen MR) is 86.0 cm³/mol. The quantitative estimate of drug-likeness (QED) is 0.845. The maximum atomic E-state index is 12.7. The van der Waals surface area contributed by atoms with Crippen LogP contribution in [0.25, 0.3) is 0 Å². The van der Waals surface area contributed by atoms with E-state index in [0.717, 1.165) is 6.42 Å². The van der Waals surface area contributed by atoms with Crippen molar-refractivity contribution in [2.45, 2.75) is 51.2 Å². The highest BCUT2D eigenvalue weighted by atomic mass is 16.3. The molecule has 0 bridgehead atoms. The van der Waals surface area contributed by atoms with E-state index in [1.807, 2.05) is 13.8 Å². The van der Waals surface area contributed by atoms with Crippen molar-refractivity contribution < 1.29 is 14.7 Å². The van der Waals surface area contributed by atoms with Gasteiger partial charge in [-0.25, -0.2) is 0 Å². The monoisotopic (exact) mass is 322 g/mol. The molecule has 1 aromatic rings.